The minimum atomic E-state index is -0.0225. The van der Waals surface area contributed by atoms with Crippen molar-refractivity contribution in [3.8, 4) is 0 Å². The molecule has 3 aromatic rings. The number of hydrogen-bond acceptors (Lipinski definition) is 5. The molecule has 2 heterocycles. The van der Waals surface area contributed by atoms with Crippen molar-refractivity contribution in [3.63, 3.8) is 0 Å². The van der Waals surface area contributed by atoms with E-state index < -0.39 is 0 Å². The largest absolute Gasteiger partial charge is 0.326 e. The summed E-state index contributed by atoms with van der Waals surface area (Å²) in [5.74, 6) is 1.08. The van der Waals surface area contributed by atoms with Crippen molar-refractivity contribution in [1.82, 2.24) is 19.6 Å². The van der Waals surface area contributed by atoms with Gasteiger partial charge in [0.25, 0.3) is 5.78 Å². The molecule has 0 spiro atoms. The van der Waals surface area contributed by atoms with Gasteiger partial charge < -0.3 is 11.1 Å². The fourth-order valence-electron chi connectivity index (χ4n) is 2.88. The Kier molecular flexibility index (Phi) is 6.28. The fraction of sp³-hybridized carbons (Fsp3) is 0.333. The monoisotopic (exact) mass is 374 g/mol. The van der Waals surface area contributed by atoms with Crippen LogP contribution in [0.5, 0.6) is 0 Å². The van der Waals surface area contributed by atoms with E-state index in [0.29, 0.717) is 24.4 Å². The van der Waals surface area contributed by atoms with E-state index in [1.54, 1.807) is 4.52 Å². The Hall–Kier alpha value is -2.51. The number of nitrogens with two attached hydrogens (primary N) is 1. The van der Waals surface area contributed by atoms with E-state index in [1.807, 2.05) is 45.0 Å². The standard InChI is InChI=1S/C18H22N6O.ClH/c1-11-5-4-6-14(9-11)21-17(25)8-7-15-12(2)20-18-22-16(10-19)23-24(18)13(15)3;/h4-6,9H,7-8,10,19H2,1-3H3,(H,21,25);1H. The van der Waals surface area contributed by atoms with Gasteiger partial charge in [-0.3, -0.25) is 4.79 Å². The van der Waals surface area contributed by atoms with Crippen LogP contribution in [0.1, 0.15) is 34.8 Å². The summed E-state index contributed by atoms with van der Waals surface area (Å²) >= 11 is 0. The number of aryl methyl sites for hydroxylation is 3. The van der Waals surface area contributed by atoms with Crippen molar-refractivity contribution in [2.75, 3.05) is 5.32 Å². The average molecular weight is 375 g/mol. The maximum absolute atomic E-state index is 12.3. The number of anilines is 1. The zero-order chi connectivity index (χ0) is 18.0. The number of nitrogens with one attached hydrogen (secondary N) is 1. The van der Waals surface area contributed by atoms with E-state index >= 15 is 0 Å². The molecule has 0 atom stereocenters. The molecule has 1 aromatic carbocycles. The van der Waals surface area contributed by atoms with Crippen LogP contribution in [0.15, 0.2) is 24.3 Å². The molecule has 0 aliphatic carbocycles. The summed E-state index contributed by atoms with van der Waals surface area (Å²) in [5.41, 5.74) is 10.4. The molecule has 26 heavy (non-hydrogen) atoms. The number of amides is 1. The third kappa shape index (κ3) is 4.17. The number of halogens is 1. The van der Waals surface area contributed by atoms with Crippen LogP contribution in [0.25, 0.3) is 5.78 Å². The average Bonchev–Trinajstić information content (AvgIpc) is 2.98. The summed E-state index contributed by atoms with van der Waals surface area (Å²) in [4.78, 5) is 21.0. The lowest BCUT2D eigenvalue weighted by Gasteiger charge is -2.10. The van der Waals surface area contributed by atoms with Crippen molar-refractivity contribution in [2.45, 2.75) is 40.2 Å². The Morgan fingerprint density at radius 1 is 1.23 bits per heavy atom. The quantitative estimate of drug-likeness (QED) is 0.715. The third-order valence-corrected chi connectivity index (χ3v) is 4.18. The van der Waals surface area contributed by atoms with Crippen molar-refractivity contribution < 1.29 is 4.79 Å². The lowest BCUT2D eigenvalue weighted by atomic mass is 10.1. The van der Waals surface area contributed by atoms with Gasteiger partial charge in [-0.1, -0.05) is 12.1 Å². The number of rotatable bonds is 5. The van der Waals surface area contributed by atoms with Gasteiger partial charge in [0.15, 0.2) is 5.82 Å². The molecule has 0 aliphatic rings. The fourth-order valence-corrected chi connectivity index (χ4v) is 2.88. The first-order valence-corrected chi connectivity index (χ1v) is 8.26. The maximum atomic E-state index is 12.3. The zero-order valence-corrected chi connectivity index (χ0v) is 15.9. The molecule has 8 heteroatoms. The number of nitrogens with zero attached hydrogens (tertiary/aromatic N) is 4. The number of carbonyl (C=O) groups excluding carboxylic acids is 1. The van der Waals surface area contributed by atoms with Gasteiger partial charge in [-0.25, -0.2) is 9.50 Å². The van der Waals surface area contributed by atoms with Gasteiger partial charge in [-0.05, 0) is 50.5 Å². The second kappa shape index (κ2) is 8.25. The molecule has 0 aliphatic heterocycles. The normalized spacial score (nSPS) is 10.6. The van der Waals surface area contributed by atoms with E-state index in [9.17, 15) is 4.79 Å². The highest BCUT2D eigenvalue weighted by Crippen LogP contribution is 2.16. The molecule has 0 radical (unpaired) electrons. The van der Waals surface area contributed by atoms with Crippen molar-refractivity contribution in [3.05, 3.63) is 52.6 Å². The van der Waals surface area contributed by atoms with Gasteiger partial charge in [-0.2, -0.15) is 4.98 Å². The van der Waals surface area contributed by atoms with Gasteiger partial charge >= 0.3 is 0 Å². The molecule has 3 N–H and O–H groups in total. The second-order valence-corrected chi connectivity index (χ2v) is 6.12. The SMILES string of the molecule is Cc1cccc(NC(=O)CCc2c(C)nc3nc(CN)nn3c2C)c1.Cl. The number of fused-ring (bicyclic) bond motifs is 1. The van der Waals surface area contributed by atoms with Crippen LogP contribution < -0.4 is 11.1 Å². The molecule has 0 saturated carbocycles. The number of benzene rings is 1. The van der Waals surface area contributed by atoms with Crippen LogP contribution in [0.4, 0.5) is 5.69 Å². The number of aromatic nitrogens is 4. The number of hydrogen-bond donors (Lipinski definition) is 2. The Morgan fingerprint density at radius 3 is 2.69 bits per heavy atom. The summed E-state index contributed by atoms with van der Waals surface area (Å²) in [6.07, 6.45) is 0.970. The minimum Gasteiger partial charge on any atom is -0.326 e. The van der Waals surface area contributed by atoms with Gasteiger partial charge in [0, 0.05) is 23.5 Å². The first-order chi connectivity index (χ1) is 12.0. The molecule has 1 amide bonds. The van der Waals surface area contributed by atoms with Crippen LogP contribution in [0, 0.1) is 20.8 Å². The summed E-state index contributed by atoms with van der Waals surface area (Å²) in [7, 11) is 0. The molecule has 0 fully saturated rings. The summed E-state index contributed by atoms with van der Waals surface area (Å²) < 4.78 is 1.70. The summed E-state index contributed by atoms with van der Waals surface area (Å²) in [6, 6.07) is 7.76. The van der Waals surface area contributed by atoms with Crippen LogP contribution >= 0.6 is 12.4 Å². The third-order valence-electron chi connectivity index (χ3n) is 4.18. The van der Waals surface area contributed by atoms with Crippen molar-refractivity contribution in [2.24, 2.45) is 5.73 Å². The summed E-state index contributed by atoms with van der Waals surface area (Å²) in [6.45, 7) is 6.16. The first-order valence-electron chi connectivity index (χ1n) is 8.26. The Bertz CT molecular complexity index is 937. The van der Waals surface area contributed by atoms with E-state index in [1.165, 1.54) is 0 Å². The molecule has 138 valence electrons. The van der Waals surface area contributed by atoms with E-state index in [0.717, 1.165) is 28.2 Å². The molecular weight excluding hydrogens is 352 g/mol. The van der Waals surface area contributed by atoms with Crippen LogP contribution in [-0.4, -0.2) is 25.5 Å². The molecule has 0 saturated heterocycles. The molecule has 3 rings (SSSR count). The lowest BCUT2D eigenvalue weighted by Crippen LogP contribution is -2.14. The van der Waals surface area contributed by atoms with Crippen LogP contribution in [0.2, 0.25) is 0 Å². The molecular formula is C18H23ClN6O. The van der Waals surface area contributed by atoms with E-state index in [4.69, 9.17) is 5.73 Å². The molecule has 0 bridgehead atoms. The lowest BCUT2D eigenvalue weighted by molar-refractivity contribution is -0.116. The second-order valence-electron chi connectivity index (χ2n) is 6.12. The Balaban J connectivity index is 0.00000243. The van der Waals surface area contributed by atoms with Gasteiger partial charge in [0.2, 0.25) is 5.91 Å². The predicted octanol–water partition coefficient (Wildman–Crippen LogP) is 2.50. The van der Waals surface area contributed by atoms with Crippen molar-refractivity contribution in [1.29, 1.82) is 0 Å². The molecule has 0 unspecified atom stereocenters. The first kappa shape index (κ1) is 19.8. The van der Waals surface area contributed by atoms with E-state index in [2.05, 4.69) is 20.4 Å². The van der Waals surface area contributed by atoms with Gasteiger partial charge in [-0.15, -0.1) is 17.5 Å². The van der Waals surface area contributed by atoms with Crippen molar-refractivity contribution >= 4 is 29.8 Å². The minimum absolute atomic E-state index is 0. The van der Waals surface area contributed by atoms with Crippen LogP contribution in [-0.2, 0) is 17.8 Å². The molecule has 7 nitrogen and oxygen atoms in total. The van der Waals surface area contributed by atoms with Gasteiger partial charge in [0.05, 0.1) is 6.54 Å². The summed E-state index contributed by atoms with van der Waals surface area (Å²) in [5, 5.41) is 7.29. The zero-order valence-electron chi connectivity index (χ0n) is 15.1. The smallest absolute Gasteiger partial charge is 0.252 e. The topological polar surface area (TPSA) is 98.2 Å². The predicted molar refractivity (Wildman–Crippen MR) is 104 cm³/mol. The highest BCUT2D eigenvalue weighted by Gasteiger charge is 2.14. The van der Waals surface area contributed by atoms with Gasteiger partial charge in [0.1, 0.15) is 0 Å². The maximum Gasteiger partial charge on any atom is 0.252 e. The molecule has 2 aromatic heterocycles. The van der Waals surface area contributed by atoms with Crippen LogP contribution in [0.3, 0.4) is 0 Å². The number of carbonyl (C=O) groups is 1. The highest BCUT2D eigenvalue weighted by molar-refractivity contribution is 5.90. The Morgan fingerprint density at radius 2 is 2.00 bits per heavy atom. The van der Waals surface area contributed by atoms with E-state index in [-0.39, 0.29) is 24.9 Å². The Labute approximate surface area is 158 Å². The highest BCUT2D eigenvalue weighted by atomic mass is 35.5.